The van der Waals surface area contributed by atoms with Gasteiger partial charge in [-0.3, -0.25) is 0 Å². The van der Waals surface area contributed by atoms with Crippen LogP contribution >= 0.6 is 0 Å². The minimum Gasteiger partial charge on any atom is -0.698 e. The van der Waals surface area contributed by atoms with E-state index in [1.165, 1.54) is 51.6 Å². The number of methoxy groups -OCH3 is 2. The molecule has 0 fully saturated rings. The van der Waals surface area contributed by atoms with Gasteiger partial charge in [-0.1, -0.05) is 105 Å². The number of ether oxygens (including phenoxy) is 4. The van der Waals surface area contributed by atoms with Gasteiger partial charge in [-0.25, -0.2) is 4.39 Å². The van der Waals surface area contributed by atoms with Crippen LogP contribution < -0.4 is 18.9 Å². The molecule has 3 aromatic carbocycles. The van der Waals surface area contributed by atoms with Gasteiger partial charge in [0.05, 0.1) is 20.8 Å². The van der Waals surface area contributed by atoms with E-state index in [2.05, 4.69) is 34.6 Å². The number of unbranched alkanes of at least 4 members (excludes halogenated alkanes) is 5. The van der Waals surface area contributed by atoms with Gasteiger partial charge in [0, 0.05) is 6.07 Å². The number of hydrogen-bond donors (Lipinski definition) is 0. The maximum Gasteiger partial charge on any atom is 2.00 e. The molecule has 0 saturated heterocycles. The van der Waals surface area contributed by atoms with E-state index in [1.807, 2.05) is 13.8 Å². The average molecular weight is 867 g/mol. The van der Waals surface area contributed by atoms with Gasteiger partial charge in [-0.2, -0.15) is 7.05 Å². The van der Waals surface area contributed by atoms with E-state index < -0.39 is 5.82 Å². The first kappa shape index (κ1) is 48.0. The molecule has 0 unspecified atom stereocenters. The molecule has 0 saturated carbocycles. The van der Waals surface area contributed by atoms with E-state index in [4.69, 9.17) is 30.4 Å². The number of rotatable bonds is 14. The Kier molecular flexibility index (Phi) is 34.0. The molecule has 0 amide bonds. The van der Waals surface area contributed by atoms with E-state index >= 15 is 0 Å². The molecule has 0 bridgehead atoms. The molecular weight excluding hydrogens is 805 g/mol. The zero-order chi connectivity index (χ0) is 34.5. The van der Waals surface area contributed by atoms with Gasteiger partial charge in [0.15, 0.2) is 11.5 Å². The summed E-state index contributed by atoms with van der Waals surface area (Å²) in [7, 11) is 4.39. The zero-order valence-corrected chi connectivity index (χ0v) is 34.4. The Morgan fingerprint density at radius 1 is 0.609 bits per heavy atom. The topological polar surface area (TPSA) is 84.5 Å². The summed E-state index contributed by atoms with van der Waals surface area (Å²) in [4.78, 5) is 0. The van der Waals surface area contributed by atoms with E-state index in [1.54, 1.807) is 62.8 Å². The molecule has 0 aliphatic carbocycles. The van der Waals surface area contributed by atoms with Crippen LogP contribution in [0.1, 0.15) is 111 Å². The molecule has 46 heavy (non-hydrogen) atoms. The second-order valence-corrected chi connectivity index (χ2v) is 9.78. The third-order valence-electron chi connectivity index (χ3n) is 6.30. The van der Waals surface area contributed by atoms with Crippen molar-refractivity contribution in [2.45, 2.75) is 106 Å². The van der Waals surface area contributed by atoms with Crippen molar-refractivity contribution in [1.82, 2.24) is 0 Å². The number of hydrogen-bond acceptors (Lipinski definition) is 4. The van der Waals surface area contributed by atoms with Gasteiger partial charge >= 0.3 is 31.1 Å². The zero-order valence-electron chi connectivity index (χ0n) is 30.3. The van der Waals surface area contributed by atoms with Gasteiger partial charge in [0.2, 0.25) is 0 Å². The van der Waals surface area contributed by atoms with Crippen molar-refractivity contribution in [3.05, 3.63) is 83.0 Å². The molecular formula is C38H61FN2O4U. The standard InChI is InChI=1S/C25H27FNO4.C6H14.C4H10.C2H6.CH4N.U/c1-4-5-12-30-25-14-18(23(27)16-24(25)29-3)13-17-6-7-21(15-22(17)26)31-20-10-8-19(28-2)9-11-20;1-3-5-6-4-2;1-3-4-2;2*1-2;/h6-11,14-16,27H,4-5,12-13H2,1-3H3;3-6H2,1-2H3;3-4H2,1-2H3;1-2H3;2H,1H3;/q-1;;;;-1;+2. The van der Waals surface area contributed by atoms with Crippen LogP contribution in [0.5, 0.6) is 28.7 Å². The van der Waals surface area contributed by atoms with E-state index in [9.17, 15) is 4.39 Å². The summed E-state index contributed by atoms with van der Waals surface area (Å²) in [6, 6.07) is 15.2. The van der Waals surface area contributed by atoms with Crippen molar-refractivity contribution < 1.29 is 54.5 Å². The monoisotopic (exact) mass is 867 g/mol. The molecule has 0 spiro atoms. The molecule has 3 rings (SSSR count). The molecule has 3 aromatic rings. The van der Waals surface area contributed by atoms with Gasteiger partial charge in [-0.05, 0) is 60.9 Å². The van der Waals surface area contributed by atoms with Gasteiger partial charge < -0.3 is 30.4 Å². The van der Waals surface area contributed by atoms with E-state index in [-0.39, 0.29) is 43.2 Å². The number of halogens is 1. The van der Waals surface area contributed by atoms with Crippen LogP contribution in [-0.2, 0) is 6.42 Å². The van der Waals surface area contributed by atoms with Gasteiger partial charge in [-0.15, -0.1) is 5.69 Å². The summed E-state index contributed by atoms with van der Waals surface area (Å²) in [5.41, 5.74) is 15.4. The number of nitrogens with one attached hydrogen (secondary N) is 2. The molecule has 6 nitrogen and oxygen atoms in total. The maximum atomic E-state index is 14.8. The summed E-state index contributed by atoms with van der Waals surface area (Å²) in [5, 5.41) is 0. The van der Waals surface area contributed by atoms with Crippen molar-refractivity contribution in [1.29, 1.82) is 0 Å². The summed E-state index contributed by atoms with van der Waals surface area (Å²) in [6.07, 6.45) is 10.4. The normalized spacial score (nSPS) is 9.22. The van der Waals surface area contributed by atoms with Crippen molar-refractivity contribution in [2.24, 2.45) is 0 Å². The number of benzene rings is 3. The Bertz CT molecular complexity index is 1110. The van der Waals surface area contributed by atoms with E-state index in [0.29, 0.717) is 40.7 Å². The predicted molar refractivity (Wildman–Crippen MR) is 192 cm³/mol. The van der Waals surface area contributed by atoms with E-state index in [0.717, 1.165) is 18.6 Å². The summed E-state index contributed by atoms with van der Waals surface area (Å²) < 4.78 is 36.7. The van der Waals surface area contributed by atoms with Gasteiger partial charge in [0.25, 0.3) is 0 Å². The second-order valence-electron chi connectivity index (χ2n) is 9.78. The van der Waals surface area contributed by atoms with Crippen molar-refractivity contribution >= 4 is 5.69 Å². The Labute approximate surface area is 304 Å². The molecule has 0 aromatic heterocycles. The SMILES string of the molecule is CC.CCCC.CCCCCC.CCCCOc1cc(Cc2ccc(Oc3ccc(OC)cc3)cc2F)c([NH-])cc1OC.C[NH-].[U+2]. The van der Waals surface area contributed by atoms with Crippen LogP contribution in [0, 0.1) is 36.9 Å². The fourth-order valence-corrected chi connectivity index (χ4v) is 3.57. The van der Waals surface area contributed by atoms with Crippen LogP contribution in [0.15, 0.2) is 54.6 Å². The Balaban J connectivity index is -0.00000105. The fourth-order valence-electron chi connectivity index (χ4n) is 3.57. The second kappa shape index (κ2) is 32.5. The molecule has 0 aliphatic rings. The quantitative estimate of drug-likeness (QED) is 0.151. The Morgan fingerprint density at radius 3 is 1.59 bits per heavy atom. The first-order chi connectivity index (χ1) is 21.9. The third-order valence-corrected chi connectivity index (χ3v) is 6.30. The van der Waals surface area contributed by atoms with Crippen LogP contribution in [0.2, 0.25) is 0 Å². The predicted octanol–water partition coefficient (Wildman–Crippen LogP) is 13.2. The fraction of sp³-hybridized carbons (Fsp3) is 0.526. The summed E-state index contributed by atoms with van der Waals surface area (Å²) in [5.74, 6) is 2.39. The van der Waals surface area contributed by atoms with Crippen molar-refractivity contribution in [2.75, 3.05) is 27.9 Å². The van der Waals surface area contributed by atoms with Gasteiger partial charge in [0.1, 0.15) is 23.1 Å². The molecule has 2 N–H and O–H groups in total. The third kappa shape index (κ3) is 20.7. The molecule has 0 heterocycles. The molecule has 8 heteroatoms. The first-order valence-corrected chi connectivity index (χ1v) is 16.5. The van der Waals surface area contributed by atoms with Crippen molar-refractivity contribution in [3.63, 3.8) is 0 Å². The van der Waals surface area contributed by atoms with Crippen LogP contribution in [0.4, 0.5) is 10.1 Å². The molecule has 0 atom stereocenters. The average Bonchev–Trinajstić information content (AvgIpc) is 3.08. The minimum atomic E-state index is -0.394. The minimum absolute atomic E-state index is 0. The van der Waals surface area contributed by atoms with Crippen LogP contribution in [0.25, 0.3) is 11.5 Å². The smallest absolute Gasteiger partial charge is 0.698 e. The Morgan fingerprint density at radius 2 is 1.13 bits per heavy atom. The summed E-state index contributed by atoms with van der Waals surface area (Å²) in [6.45, 7) is 15.5. The largest absolute Gasteiger partial charge is 2.00 e. The molecule has 0 radical (unpaired) electrons. The molecule has 0 aliphatic heterocycles. The maximum absolute atomic E-state index is 14.8. The van der Waals surface area contributed by atoms with Crippen LogP contribution in [-0.4, -0.2) is 27.9 Å². The van der Waals surface area contributed by atoms with Crippen molar-refractivity contribution in [3.8, 4) is 28.7 Å². The first-order valence-electron chi connectivity index (χ1n) is 16.5. The van der Waals surface area contributed by atoms with Crippen LogP contribution in [0.3, 0.4) is 0 Å². The summed E-state index contributed by atoms with van der Waals surface area (Å²) >= 11 is 0. The molecule has 258 valence electrons. The Hall–Kier alpha value is -2.40.